The topological polar surface area (TPSA) is 3.01 Å². The van der Waals surface area contributed by atoms with Crippen molar-refractivity contribution in [3.63, 3.8) is 0 Å². The van der Waals surface area contributed by atoms with Crippen LogP contribution in [0, 0.1) is 0 Å². The second kappa shape index (κ2) is 4.94. The predicted molar refractivity (Wildman–Crippen MR) is 71.0 cm³/mol. The van der Waals surface area contributed by atoms with E-state index in [0.29, 0.717) is 6.54 Å². The van der Waals surface area contributed by atoms with Crippen molar-refractivity contribution in [1.82, 2.24) is 4.90 Å². The average Bonchev–Trinajstić information content (AvgIpc) is 3.15. The van der Waals surface area contributed by atoms with Crippen LogP contribution in [0.15, 0.2) is 60.7 Å². The van der Waals surface area contributed by atoms with Crippen molar-refractivity contribution in [2.24, 2.45) is 0 Å². The fourth-order valence-electron chi connectivity index (χ4n) is 2.66. The van der Waals surface area contributed by atoms with Gasteiger partial charge in [0.15, 0.2) is 0 Å². The molecule has 1 aliphatic rings. The maximum atomic E-state index is 13.1. The molecule has 1 fully saturated rings. The predicted octanol–water partition coefficient (Wildman–Crippen LogP) is 4.17. The normalized spacial score (nSPS) is 25.4. The van der Waals surface area contributed by atoms with Crippen molar-refractivity contribution in [3.05, 3.63) is 71.8 Å². The second-order valence-electron chi connectivity index (χ2n) is 5.00. The van der Waals surface area contributed by atoms with Gasteiger partial charge in [-0.05, 0) is 11.1 Å². The molecule has 1 unspecified atom stereocenters. The molecule has 3 atom stereocenters. The van der Waals surface area contributed by atoms with E-state index in [1.165, 1.54) is 4.90 Å². The number of rotatable bonds is 3. The molecule has 0 bridgehead atoms. The van der Waals surface area contributed by atoms with Crippen LogP contribution in [0.5, 0.6) is 0 Å². The third kappa shape index (κ3) is 2.56. The minimum absolute atomic E-state index is 0.324. The van der Waals surface area contributed by atoms with E-state index in [9.17, 15) is 13.2 Å². The number of hydrogen-bond donors (Lipinski definition) is 0. The van der Waals surface area contributed by atoms with Crippen LogP contribution in [0.3, 0.4) is 0 Å². The molecule has 0 amide bonds. The first-order valence-electron chi connectivity index (χ1n) is 6.49. The highest BCUT2D eigenvalue weighted by Gasteiger charge is 2.62. The molecule has 2 aromatic rings. The van der Waals surface area contributed by atoms with Crippen LogP contribution >= 0.6 is 0 Å². The van der Waals surface area contributed by atoms with Gasteiger partial charge in [0.05, 0.1) is 6.04 Å². The monoisotopic (exact) mass is 277 g/mol. The Bertz CT molecular complexity index is 565. The zero-order chi connectivity index (χ0) is 14.2. The smallest absolute Gasteiger partial charge is 0.277 e. The molecule has 1 aliphatic heterocycles. The summed E-state index contributed by atoms with van der Waals surface area (Å²) in [6, 6.07) is 16.2. The molecule has 1 nitrogen and oxygen atoms in total. The molecular weight excluding hydrogens is 263 g/mol. The summed E-state index contributed by atoms with van der Waals surface area (Å²) in [6.07, 6.45) is -4.19. The van der Waals surface area contributed by atoms with Crippen LogP contribution in [-0.2, 0) is 6.54 Å². The van der Waals surface area contributed by atoms with Crippen molar-refractivity contribution < 1.29 is 13.2 Å². The van der Waals surface area contributed by atoms with Crippen LogP contribution in [0.25, 0.3) is 0 Å². The van der Waals surface area contributed by atoms with Gasteiger partial charge in [0.25, 0.3) is 0 Å². The highest BCUT2D eigenvalue weighted by molar-refractivity contribution is 5.29. The molecule has 1 heterocycles. The third-order valence-electron chi connectivity index (χ3n) is 3.61. The first kappa shape index (κ1) is 13.2. The number of nitrogens with zero attached hydrogens (tertiary/aromatic N) is 1. The lowest BCUT2D eigenvalue weighted by molar-refractivity contribution is -0.137. The summed E-state index contributed by atoms with van der Waals surface area (Å²) in [6.45, 7) is 0.324. The minimum Gasteiger partial charge on any atom is -0.277 e. The highest BCUT2D eigenvalue weighted by Crippen LogP contribution is 2.52. The Labute approximate surface area is 115 Å². The van der Waals surface area contributed by atoms with Gasteiger partial charge in [0, 0.05) is 6.54 Å². The molecule has 1 saturated heterocycles. The molecule has 104 valence electrons. The van der Waals surface area contributed by atoms with E-state index in [2.05, 4.69) is 0 Å². The van der Waals surface area contributed by atoms with Crippen molar-refractivity contribution in [2.75, 3.05) is 0 Å². The van der Waals surface area contributed by atoms with Gasteiger partial charge in [-0.25, -0.2) is 0 Å². The number of hydrogen-bond acceptors (Lipinski definition) is 1. The molecule has 3 rings (SSSR count). The van der Waals surface area contributed by atoms with E-state index in [-0.39, 0.29) is 0 Å². The summed E-state index contributed by atoms with van der Waals surface area (Å²) >= 11 is 0. The molecular formula is C16H14F3N. The van der Waals surface area contributed by atoms with E-state index < -0.39 is 18.3 Å². The Hall–Kier alpha value is -1.81. The van der Waals surface area contributed by atoms with Gasteiger partial charge >= 0.3 is 6.18 Å². The fraction of sp³-hybridized carbons (Fsp3) is 0.250. The van der Waals surface area contributed by atoms with Crippen LogP contribution < -0.4 is 0 Å². The quantitative estimate of drug-likeness (QED) is 0.761. The van der Waals surface area contributed by atoms with Crippen LogP contribution in [0.1, 0.15) is 17.2 Å². The van der Waals surface area contributed by atoms with Crippen molar-refractivity contribution in [1.29, 1.82) is 0 Å². The summed E-state index contributed by atoms with van der Waals surface area (Å²) in [5.41, 5.74) is 1.63. The molecule has 0 saturated carbocycles. The number of benzene rings is 2. The van der Waals surface area contributed by atoms with E-state index in [1.54, 1.807) is 24.3 Å². The summed E-state index contributed by atoms with van der Waals surface area (Å²) in [5, 5.41) is 0. The highest BCUT2D eigenvalue weighted by atomic mass is 19.4. The van der Waals surface area contributed by atoms with Gasteiger partial charge in [0.1, 0.15) is 6.04 Å². The summed E-state index contributed by atoms with van der Waals surface area (Å²) in [5.74, 6) is 0. The van der Waals surface area contributed by atoms with Gasteiger partial charge in [0.2, 0.25) is 0 Å². The lowest BCUT2D eigenvalue weighted by Crippen LogP contribution is -2.21. The van der Waals surface area contributed by atoms with E-state index in [1.807, 2.05) is 36.4 Å². The standard InChI is InChI=1S/C16H14F3N/c17-16(18,19)15-14(13-9-5-2-6-10-13)20(15)11-12-7-3-1-4-8-12/h1-10,14-15H,11H2/t14-,15+,20?/m1/s1. The largest absolute Gasteiger partial charge is 0.405 e. The fourth-order valence-corrected chi connectivity index (χ4v) is 2.66. The molecule has 0 radical (unpaired) electrons. The minimum atomic E-state index is -4.19. The SMILES string of the molecule is FC(F)(F)[C@@H]1[C@@H](c2ccccc2)N1Cc1ccccc1. The average molecular weight is 277 g/mol. The van der Waals surface area contributed by atoms with Gasteiger partial charge in [-0.1, -0.05) is 60.7 Å². The Morgan fingerprint density at radius 2 is 1.40 bits per heavy atom. The maximum Gasteiger partial charge on any atom is 0.405 e. The summed E-state index contributed by atoms with van der Waals surface area (Å²) in [7, 11) is 0. The van der Waals surface area contributed by atoms with Crippen molar-refractivity contribution in [2.45, 2.75) is 24.8 Å². The Balaban J connectivity index is 1.82. The first-order valence-corrected chi connectivity index (χ1v) is 6.49. The van der Waals surface area contributed by atoms with Gasteiger partial charge < -0.3 is 0 Å². The van der Waals surface area contributed by atoms with Gasteiger partial charge in [-0.15, -0.1) is 0 Å². The molecule has 20 heavy (non-hydrogen) atoms. The van der Waals surface area contributed by atoms with Crippen LogP contribution in [0.2, 0.25) is 0 Å². The molecule has 0 aliphatic carbocycles. The van der Waals surface area contributed by atoms with E-state index in [0.717, 1.165) is 11.1 Å². The zero-order valence-corrected chi connectivity index (χ0v) is 10.7. The summed E-state index contributed by atoms with van der Waals surface area (Å²) in [4.78, 5) is 1.49. The van der Waals surface area contributed by atoms with Crippen molar-refractivity contribution >= 4 is 0 Å². The Morgan fingerprint density at radius 3 is 1.95 bits per heavy atom. The number of alkyl halides is 3. The molecule has 4 heteroatoms. The van der Waals surface area contributed by atoms with Crippen molar-refractivity contribution in [3.8, 4) is 0 Å². The lowest BCUT2D eigenvalue weighted by atomic mass is 10.1. The van der Waals surface area contributed by atoms with E-state index >= 15 is 0 Å². The van der Waals surface area contributed by atoms with Crippen LogP contribution in [-0.4, -0.2) is 17.1 Å². The maximum absolute atomic E-state index is 13.1. The molecule has 0 aromatic heterocycles. The number of halogens is 3. The van der Waals surface area contributed by atoms with Gasteiger partial charge in [-0.3, -0.25) is 4.90 Å². The van der Waals surface area contributed by atoms with Crippen LogP contribution in [0.4, 0.5) is 13.2 Å². The Kier molecular flexibility index (Phi) is 3.26. The summed E-state index contributed by atoms with van der Waals surface area (Å²) < 4.78 is 39.3. The first-order chi connectivity index (χ1) is 9.57. The van der Waals surface area contributed by atoms with E-state index in [4.69, 9.17) is 0 Å². The van der Waals surface area contributed by atoms with Gasteiger partial charge in [-0.2, -0.15) is 13.2 Å². The molecule has 2 aromatic carbocycles. The zero-order valence-electron chi connectivity index (χ0n) is 10.7. The Morgan fingerprint density at radius 1 is 0.850 bits per heavy atom. The second-order valence-corrected chi connectivity index (χ2v) is 5.00. The molecule has 0 spiro atoms. The molecule has 0 N–H and O–H groups in total. The lowest BCUT2D eigenvalue weighted by Gasteiger charge is -2.06. The third-order valence-corrected chi connectivity index (χ3v) is 3.61.